The summed E-state index contributed by atoms with van der Waals surface area (Å²) in [6, 6.07) is 1.78. The fraction of sp³-hybridized carbons (Fsp3) is 0.600. The highest BCUT2D eigenvalue weighted by Gasteiger charge is 2.65. The fourth-order valence-corrected chi connectivity index (χ4v) is 4.64. The molecular formula is C15H23N5O2S. The minimum atomic E-state index is -3.69. The van der Waals surface area contributed by atoms with Gasteiger partial charge in [-0.2, -0.15) is 10.2 Å². The van der Waals surface area contributed by atoms with Crippen LogP contribution in [0.5, 0.6) is 0 Å². The van der Waals surface area contributed by atoms with E-state index in [9.17, 15) is 8.42 Å². The first-order valence-corrected chi connectivity index (χ1v) is 9.03. The number of hydrogen-bond donors (Lipinski definition) is 2. The zero-order valence-corrected chi connectivity index (χ0v) is 15.1. The summed E-state index contributed by atoms with van der Waals surface area (Å²) in [6.45, 7) is 10.6. The molecule has 1 aliphatic carbocycles. The Hall–Kier alpha value is -1.83. The molecule has 0 unspecified atom stereocenters. The summed E-state index contributed by atoms with van der Waals surface area (Å²) in [6.07, 6.45) is 1.35. The summed E-state index contributed by atoms with van der Waals surface area (Å²) in [5.74, 6) is 0.641. The Labute approximate surface area is 136 Å². The minimum Gasteiger partial charge on any atom is -0.280 e. The van der Waals surface area contributed by atoms with Crippen LogP contribution in [-0.2, 0) is 17.1 Å². The van der Waals surface area contributed by atoms with Crippen LogP contribution in [-0.4, -0.2) is 28.4 Å². The van der Waals surface area contributed by atoms with Gasteiger partial charge in [-0.3, -0.25) is 14.5 Å². The first-order chi connectivity index (χ1) is 10.5. The third-order valence-corrected chi connectivity index (χ3v) is 7.11. The van der Waals surface area contributed by atoms with E-state index < -0.39 is 10.0 Å². The van der Waals surface area contributed by atoms with Gasteiger partial charge < -0.3 is 0 Å². The van der Waals surface area contributed by atoms with Crippen LogP contribution in [0.4, 0.5) is 5.82 Å². The van der Waals surface area contributed by atoms with Crippen molar-refractivity contribution in [3.8, 4) is 0 Å². The van der Waals surface area contributed by atoms with Gasteiger partial charge in [0.2, 0.25) is 0 Å². The zero-order chi connectivity index (χ0) is 17.2. The highest BCUT2D eigenvalue weighted by atomic mass is 32.2. The third-order valence-electron chi connectivity index (χ3n) is 5.65. The number of aromatic amines is 1. The van der Waals surface area contributed by atoms with Gasteiger partial charge in [0.25, 0.3) is 10.0 Å². The molecule has 0 radical (unpaired) electrons. The Morgan fingerprint density at radius 1 is 1.26 bits per heavy atom. The Balaban J connectivity index is 1.84. The van der Waals surface area contributed by atoms with Gasteiger partial charge in [-0.05, 0) is 17.8 Å². The second-order valence-corrected chi connectivity index (χ2v) is 9.06. The molecule has 23 heavy (non-hydrogen) atoms. The smallest absolute Gasteiger partial charge is 0.266 e. The van der Waals surface area contributed by atoms with Crippen molar-refractivity contribution in [2.24, 2.45) is 17.9 Å². The topological polar surface area (TPSA) is 92.7 Å². The van der Waals surface area contributed by atoms with Crippen molar-refractivity contribution in [1.82, 2.24) is 20.0 Å². The van der Waals surface area contributed by atoms with Gasteiger partial charge in [0.1, 0.15) is 4.90 Å². The molecule has 126 valence electrons. The van der Waals surface area contributed by atoms with Crippen LogP contribution in [0, 0.1) is 17.8 Å². The van der Waals surface area contributed by atoms with Crippen molar-refractivity contribution in [3.63, 3.8) is 0 Å². The van der Waals surface area contributed by atoms with Gasteiger partial charge in [0, 0.05) is 24.7 Å². The molecule has 1 saturated carbocycles. The van der Waals surface area contributed by atoms with Crippen LogP contribution in [0.25, 0.3) is 0 Å². The molecule has 1 fully saturated rings. The van der Waals surface area contributed by atoms with Gasteiger partial charge in [-0.25, -0.2) is 8.42 Å². The highest BCUT2D eigenvalue weighted by molar-refractivity contribution is 7.92. The molecule has 8 heteroatoms. The first kappa shape index (κ1) is 16.0. The summed E-state index contributed by atoms with van der Waals surface area (Å²) in [4.78, 5) is 0.164. The molecule has 0 aliphatic heterocycles. The summed E-state index contributed by atoms with van der Waals surface area (Å²) in [5.41, 5.74) is 1.86. The maximum Gasteiger partial charge on any atom is 0.266 e. The standard InChI is InChI=1S/C15H23N5O2S/c1-9-11(8-16-20(9)6)23(21,22)19-12-7-10(17-18-12)13-14(2,3)15(13,4)5/h7-8,13H,1-6H3,(H2,17,18,19). The Morgan fingerprint density at radius 3 is 2.35 bits per heavy atom. The molecule has 2 aromatic heterocycles. The lowest BCUT2D eigenvalue weighted by molar-refractivity contribution is 0.457. The molecule has 2 N–H and O–H groups in total. The van der Waals surface area contributed by atoms with Crippen molar-refractivity contribution in [3.05, 3.63) is 23.7 Å². The molecule has 0 amide bonds. The predicted octanol–water partition coefficient (Wildman–Crippen LogP) is 2.40. The number of rotatable bonds is 4. The van der Waals surface area contributed by atoms with E-state index in [0.717, 1.165) is 5.69 Å². The summed E-state index contributed by atoms with van der Waals surface area (Å²) < 4.78 is 29.0. The van der Waals surface area contributed by atoms with E-state index in [1.54, 1.807) is 20.0 Å². The van der Waals surface area contributed by atoms with Crippen LogP contribution < -0.4 is 4.72 Å². The van der Waals surface area contributed by atoms with Crippen molar-refractivity contribution in [2.75, 3.05) is 4.72 Å². The molecule has 7 nitrogen and oxygen atoms in total. The third kappa shape index (κ3) is 2.27. The minimum absolute atomic E-state index is 0.162. The maximum absolute atomic E-state index is 12.5. The molecule has 0 saturated heterocycles. The molecule has 0 spiro atoms. The molecule has 2 aromatic rings. The molecule has 0 bridgehead atoms. The summed E-state index contributed by atoms with van der Waals surface area (Å²) in [7, 11) is -1.98. The zero-order valence-electron chi connectivity index (χ0n) is 14.3. The lowest BCUT2D eigenvalue weighted by Gasteiger charge is -2.04. The number of anilines is 1. The number of nitrogens with zero attached hydrogens (tertiary/aromatic N) is 3. The number of aryl methyl sites for hydroxylation is 1. The lowest BCUT2D eigenvalue weighted by Crippen LogP contribution is -2.14. The Morgan fingerprint density at radius 2 is 1.87 bits per heavy atom. The van der Waals surface area contributed by atoms with E-state index in [-0.39, 0.29) is 15.7 Å². The monoisotopic (exact) mass is 337 g/mol. The number of nitrogens with one attached hydrogen (secondary N) is 2. The second-order valence-electron chi connectivity index (χ2n) is 7.41. The molecule has 0 atom stereocenters. The average molecular weight is 337 g/mol. The normalized spacial score (nSPS) is 19.7. The van der Waals surface area contributed by atoms with Crippen LogP contribution in [0.3, 0.4) is 0 Å². The van der Waals surface area contributed by atoms with Crippen molar-refractivity contribution in [2.45, 2.75) is 45.4 Å². The van der Waals surface area contributed by atoms with E-state index in [2.05, 4.69) is 47.7 Å². The van der Waals surface area contributed by atoms with Crippen molar-refractivity contribution in [1.29, 1.82) is 0 Å². The molecule has 0 aromatic carbocycles. The van der Waals surface area contributed by atoms with Crippen LogP contribution in [0.2, 0.25) is 0 Å². The molecular weight excluding hydrogens is 314 g/mol. The summed E-state index contributed by atoms with van der Waals surface area (Å²) in [5, 5.41) is 11.1. The van der Waals surface area contributed by atoms with Crippen molar-refractivity contribution < 1.29 is 8.42 Å². The quantitative estimate of drug-likeness (QED) is 0.896. The predicted molar refractivity (Wildman–Crippen MR) is 87.6 cm³/mol. The number of sulfonamides is 1. The summed E-state index contributed by atoms with van der Waals surface area (Å²) >= 11 is 0. The average Bonchev–Trinajstić information content (AvgIpc) is 2.82. The number of hydrogen-bond acceptors (Lipinski definition) is 4. The van der Waals surface area contributed by atoms with Gasteiger partial charge >= 0.3 is 0 Å². The van der Waals surface area contributed by atoms with E-state index in [1.165, 1.54) is 10.9 Å². The van der Waals surface area contributed by atoms with Gasteiger partial charge in [0.05, 0.1) is 11.9 Å². The molecule has 2 heterocycles. The van der Waals surface area contributed by atoms with Crippen LogP contribution in [0.1, 0.15) is 45.0 Å². The van der Waals surface area contributed by atoms with E-state index in [4.69, 9.17) is 0 Å². The molecule has 3 rings (SSSR count). The highest BCUT2D eigenvalue weighted by Crippen LogP contribution is 2.73. The van der Waals surface area contributed by atoms with Gasteiger partial charge in [0.15, 0.2) is 5.82 Å². The SMILES string of the molecule is Cc1c(S(=O)(=O)Nc2cc(C3C(C)(C)C3(C)C)[nH]n2)cnn1C. The van der Waals surface area contributed by atoms with E-state index >= 15 is 0 Å². The van der Waals surface area contributed by atoms with Crippen LogP contribution >= 0.6 is 0 Å². The second kappa shape index (κ2) is 4.59. The molecule has 1 aliphatic rings. The van der Waals surface area contributed by atoms with Gasteiger partial charge in [-0.1, -0.05) is 27.7 Å². The lowest BCUT2D eigenvalue weighted by atomic mass is 10.0. The van der Waals surface area contributed by atoms with E-state index in [0.29, 0.717) is 17.4 Å². The van der Waals surface area contributed by atoms with Crippen LogP contribution in [0.15, 0.2) is 17.2 Å². The first-order valence-electron chi connectivity index (χ1n) is 7.55. The Bertz CT molecular complexity index is 846. The van der Waals surface area contributed by atoms with Crippen molar-refractivity contribution >= 4 is 15.8 Å². The number of H-pyrrole nitrogens is 1. The van der Waals surface area contributed by atoms with E-state index in [1.807, 2.05) is 0 Å². The maximum atomic E-state index is 12.5. The number of aromatic nitrogens is 4. The van der Waals surface area contributed by atoms with Gasteiger partial charge in [-0.15, -0.1) is 0 Å². The fourth-order valence-electron chi connectivity index (χ4n) is 3.45. The Kier molecular flexibility index (Phi) is 3.20. The largest absolute Gasteiger partial charge is 0.280 e.